The minimum Gasteiger partial charge on any atom is -0.460 e. The average Bonchev–Trinajstić information content (AvgIpc) is 3.05. The molecule has 2 atom stereocenters. The number of rotatable bonds is 4. The average molecular weight is 377 g/mol. The van der Waals surface area contributed by atoms with Gasteiger partial charge in [0.2, 0.25) is 0 Å². The number of H-pyrrole nitrogens is 1. The van der Waals surface area contributed by atoms with Crippen LogP contribution in [0.3, 0.4) is 0 Å². The van der Waals surface area contributed by atoms with Gasteiger partial charge in [0.1, 0.15) is 12.6 Å². The Morgan fingerprint density at radius 3 is 2.54 bits per heavy atom. The molecule has 0 radical (unpaired) electrons. The first-order chi connectivity index (χ1) is 13.4. The zero-order valence-electron chi connectivity index (χ0n) is 16.8. The number of hydrogen-bond donors (Lipinski definition) is 2. The third-order valence-corrected chi connectivity index (χ3v) is 5.33. The van der Waals surface area contributed by atoms with Gasteiger partial charge in [0, 0.05) is 29.1 Å². The van der Waals surface area contributed by atoms with Gasteiger partial charge in [0.15, 0.2) is 0 Å². The molecule has 4 rings (SSSR count). The molecular weight excluding hydrogens is 348 g/mol. The zero-order chi connectivity index (χ0) is 19.7. The fraction of sp³-hybridized carbons (Fsp3) is 0.375. The quantitative estimate of drug-likeness (QED) is 0.637. The molecule has 0 fully saturated rings. The largest absolute Gasteiger partial charge is 0.460 e. The summed E-state index contributed by atoms with van der Waals surface area (Å²) in [6, 6.07) is 17.9. The van der Waals surface area contributed by atoms with Gasteiger partial charge in [-0.1, -0.05) is 69.3 Å². The van der Waals surface area contributed by atoms with Crippen LogP contribution in [0.4, 0.5) is 0 Å². The highest BCUT2D eigenvalue weighted by atomic mass is 16.5. The fourth-order valence-corrected chi connectivity index (χ4v) is 4.08. The standard InChI is InChI=1S/C24H28N2O2/c1-24(2,3)14-21-22-18(17-11-7-8-12-19(17)26-22)13-20(25-21)23(27)28-15-16-9-5-4-6-10-16/h4-12,20-21,25-26H,13-15H2,1-3H3/t20-,21+/m0/s1. The lowest BCUT2D eigenvalue weighted by molar-refractivity contribution is -0.148. The molecule has 0 saturated heterocycles. The predicted octanol–water partition coefficient (Wildman–Crippen LogP) is 4.90. The van der Waals surface area contributed by atoms with Crippen molar-refractivity contribution in [3.63, 3.8) is 0 Å². The van der Waals surface area contributed by atoms with Gasteiger partial charge >= 0.3 is 5.97 Å². The molecular formula is C24H28N2O2. The van der Waals surface area contributed by atoms with E-state index >= 15 is 0 Å². The predicted molar refractivity (Wildman–Crippen MR) is 112 cm³/mol. The van der Waals surface area contributed by atoms with Gasteiger partial charge in [-0.15, -0.1) is 0 Å². The summed E-state index contributed by atoms with van der Waals surface area (Å²) in [6.07, 6.45) is 1.59. The lowest BCUT2D eigenvalue weighted by atomic mass is 9.83. The van der Waals surface area contributed by atoms with Crippen LogP contribution in [-0.2, 0) is 22.6 Å². The van der Waals surface area contributed by atoms with Crippen molar-refractivity contribution in [3.05, 3.63) is 71.4 Å². The van der Waals surface area contributed by atoms with Crippen molar-refractivity contribution in [1.29, 1.82) is 0 Å². The SMILES string of the molecule is CC(C)(C)C[C@H]1N[C@H](C(=O)OCc2ccccc2)Cc2c1[nH]c1ccccc21. The summed E-state index contributed by atoms with van der Waals surface area (Å²) in [6.45, 7) is 7.00. The van der Waals surface area contributed by atoms with Crippen LogP contribution in [0.15, 0.2) is 54.6 Å². The Morgan fingerprint density at radius 1 is 1.07 bits per heavy atom. The molecule has 4 nitrogen and oxygen atoms in total. The van der Waals surface area contributed by atoms with Crippen LogP contribution in [0.25, 0.3) is 10.9 Å². The van der Waals surface area contributed by atoms with E-state index in [1.54, 1.807) is 0 Å². The Morgan fingerprint density at radius 2 is 1.79 bits per heavy atom. The topological polar surface area (TPSA) is 54.1 Å². The van der Waals surface area contributed by atoms with Crippen LogP contribution in [0, 0.1) is 5.41 Å². The monoisotopic (exact) mass is 376 g/mol. The third-order valence-electron chi connectivity index (χ3n) is 5.33. The van der Waals surface area contributed by atoms with E-state index in [2.05, 4.69) is 49.3 Å². The van der Waals surface area contributed by atoms with Crippen molar-refractivity contribution < 1.29 is 9.53 Å². The second kappa shape index (κ2) is 7.44. The molecule has 2 heterocycles. The van der Waals surface area contributed by atoms with E-state index < -0.39 is 0 Å². The van der Waals surface area contributed by atoms with Crippen LogP contribution in [-0.4, -0.2) is 17.0 Å². The Hall–Kier alpha value is -2.59. The molecule has 3 aromatic rings. The van der Waals surface area contributed by atoms with E-state index in [0.717, 1.165) is 17.5 Å². The van der Waals surface area contributed by atoms with Gasteiger partial charge in [-0.3, -0.25) is 10.1 Å². The number of carbonyl (C=O) groups is 1. The number of para-hydroxylation sites is 1. The molecule has 0 aliphatic carbocycles. The molecule has 1 aromatic heterocycles. The van der Waals surface area contributed by atoms with Crippen molar-refractivity contribution in [2.75, 3.05) is 0 Å². The summed E-state index contributed by atoms with van der Waals surface area (Å²) < 4.78 is 5.64. The molecule has 0 unspecified atom stereocenters. The van der Waals surface area contributed by atoms with Crippen molar-refractivity contribution in [2.45, 2.75) is 52.3 Å². The van der Waals surface area contributed by atoms with E-state index in [-0.39, 0.29) is 23.5 Å². The lowest BCUT2D eigenvalue weighted by Crippen LogP contribution is -2.46. The van der Waals surface area contributed by atoms with E-state index in [9.17, 15) is 4.79 Å². The highest BCUT2D eigenvalue weighted by molar-refractivity contribution is 5.87. The molecule has 0 saturated carbocycles. The summed E-state index contributed by atoms with van der Waals surface area (Å²) in [5.41, 5.74) is 4.73. The van der Waals surface area contributed by atoms with E-state index in [4.69, 9.17) is 4.74 Å². The minimum absolute atomic E-state index is 0.102. The zero-order valence-corrected chi connectivity index (χ0v) is 16.8. The summed E-state index contributed by atoms with van der Waals surface area (Å²) in [5.74, 6) is -0.182. The first kappa shape index (κ1) is 18.8. The second-order valence-corrected chi connectivity index (χ2v) is 8.90. The molecule has 1 aliphatic rings. The number of ether oxygens (including phenoxy) is 1. The van der Waals surface area contributed by atoms with Crippen LogP contribution in [0.1, 0.15) is 50.1 Å². The Bertz CT molecular complexity index is 969. The minimum atomic E-state index is -0.331. The van der Waals surface area contributed by atoms with Crippen molar-refractivity contribution in [1.82, 2.24) is 10.3 Å². The smallest absolute Gasteiger partial charge is 0.323 e. The molecule has 146 valence electrons. The summed E-state index contributed by atoms with van der Waals surface area (Å²) in [4.78, 5) is 16.4. The number of nitrogens with one attached hydrogen (secondary N) is 2. The number of esters is 1. The van der Waals surface area contributed by atoms with Gasteiger partial charge < -0.3 is 9.72 Å². The van der Waals surface area contributed by atoms with Gasteiger partial charge in [-0.2, -0.15) is 0 Å². The second-order valence-electron chi connectivity index (χ2n) is 8.90. The Kier molecular flexibility index (Phi) is 4.98. The maximum Gasteiger partial charge on any atom is 0.323 e. The number of hydrogen-bond acceptors (Lipinski definition) is 3. The first-order valence-electron chi connectivity index (χ1n) is 9.97. The lowest BCUT2D eigenvalue weighted by Gasteiger charge is -2.34. The summed E-state index contributed by atoms with van der Waals surface area (Å²) in [7, 11) is 0. The molecule has 1 aliphatic heterocycles. The highest BCUT2D eigenvalue weighted by Crippen LogP contribution is 2.37. The van der Waals surface area contributed by atoms with Gasteiger partial charge in [-0.05, 0) is 29.0 Å². The van der Waals surface area contributed by atoms with E-state index in [1.165, 1.54) is 16.6 Å². The third kappa shape index (κ3) is 3.97. The number of aromatic amines is 1. The van der Waals surface area contributed by atoms with Crippen LogP contribution >= 0.6 is 0 Å². The highest BCUT2D eigenvalue weighted by Gasteiger charge is 2.35. The normalized spacial score (nSPS) is 19.4. The maximum atomic E-state index is 12.9. The Balaban J connectivity index is 1.59. The fourth-order valence-electron chi connectivity index (χ4n) is 4.08. The van der Waals surface area contributed by atoms with Gasteiger partial charge in [0.25, 0.3) is 0 Å². The molecule has 0 spiro atoms. The van der Waals surface area contributed by atoms with Crippen LogP contribution in [0.2, 0.25) is 0 Å². The maximum absolute atomic E-state index is 12.9. The number of benzene rings is 2. The molecule has 0 amide bonds. The number of fused-ring (bicyclic) bond motifs is 3. The first-order valence-corrected chi connectivity index (χ1v) is 9.97. The molecule has 2 aromatic carbocycles. The van der Waals surface area contributed by atoms with Crippen molar-refractivity contribution in [3.8, 4) is 0 Å². The molecule has 2 N–H and O–H groups in total. The van der Waals surface area contributed by atoms with Gasteiger partial charge in [-0.25, -0.2) is 0 Å². The van der Waals surface area contributed by atoms with Crippen molar-refractivity contribution >= 4 is 16.9 Å². The Labute approximate surface area is 166 Å². The summed E-state index contributed by atoms with van der Waals surface area (Å²) >= 11 is 0. The van der Waals surface area contributed by atoms with Crippen molar-refractivity contribution in [2.24, 2.45) is 5.41 Å². The van der Waals surface area contributed by atoms with Crippen LogP contribution in [0.5, 0.6) is 0 Å². The summed E-state index contributed by atoms with van der Waals surface area (Å²) in [5, 5.41) is 4.76. The molecule has 4 heteroatoms. The van der Waals surface area contributed by atoms with E-state index in [0.29, 0.717) is 13.0 Å². The van der Waals surface area contributed by atoms with Crippen LogP contribution < -0.4 is 5.32 Å². The number of carbonyl (C=O) groups excluding carboxylic acids is 1. The van der Waals surface area contributed by atoms with E-state index in [1.807, 2.05) is 36.4 Å². The van der Waals surface area contributed by atoms with Gasteiger partial charge in [0.05, 0.1) is 0 Å². The number of aromatic nitrogens is 1. The molecule has 0 bridgehead atoms. The molecule has 28 heavy (non-hydrogen) atoms.